The molecule has 0 fully saturated rings. The molecule has 4 heteroatoms. The summed E-state index contributed by atoms with van der Waals surface area (Å²) in [7, 11) is 1.31. The zero-order chi connectivity index (χ0) is 5.41. The number of nitroso groups, excluding NO2 is 1. The van der Waals surface area contributed by atoms with Crippen LogP contribution >= 0.6 is 0 Å². The maximum Gasteiger partial charge on any atom is 0.292 e. The van der Waals surface area contributed by atoms with E-state index in [1.54, 1.807) is 0 Å². The van der Waals surface area contributed by atoms with Crippen LogP contribution in [0.5, 0.6) is 0 Å². The van der Waals surface area contributed by atoms with E-state index in [1.807, 2.05) is 0 Å². The van der Waals surface area contributed by atoms with E-state index < -0.39 is 0 Å². The molecule has 0 saturated heterocycles. The van der Waals surface area contributed by atoms with Gasteiger partial charge >= 0.3 is 0 Å². The van der Waals surface area contributed by atoms with Crippen molar-refractivity contribution in [1.29, 1.82) is 5.59 Å². The van der Waals surface area contributed by atoms with Crippen molar-refractivity contribution in [2.75, 3.05) is 7.11 Å². The molecule has 0 saturated carbocycles. The number of rotatable bonds is 1. The summed E-state index contributed by atoms with van der Waals surface area (Å²) in [5.41, 5.74) is 4.50. The molecule has 0 unspecified atom stereocenters. The van der Waals surface area contributed by atoms with Crippen LogP contribution in [-0.4, -0.2) is 13.6 Å². The van der Waals surface area contributed by atoms with Gasteiger partial charge in [-0.1, -0.05) is 5.59 Å². The normalized spacial score (nSPS) is 4.17. The summed E-state index contributed by atoms with van der Waals surface area (Å²) in [5.74, 6) is 0. The minimum absolute atomic E-state index is 0.375. The van der Waals surface area contributed by atoms with Crippen LogP contribution in [0.2, 0.25) is 0 Å². The van der Waals surface area contributed by atoms with Crippen molar-refractivity contribution in [2.45, 2.75) is 0 Å². The van der Waals surface area contributed by atoms with E-state index >= 15 is 0 Å². The van der Waals surface area contributed by atoms with Gasteiger partial charge in [-0.3, -0.25) is 4.79 Å². The molecule has 0 atom stereocenters. The van der Waals surface area contributed by atoms with E-state index in [2.05, 4.69) is 10.3 Å². The monoisotopic (exact) mass is 91.0 g/mol. The van der Waals surface area contributed by atoms with Gasteiger partial charge in [0.25, 0.3) is 6.47 Å². The zero-order valence-electron chi connectivity index (χ0n) is 3.30. The fourth-order valence-electron chi connectivity index (χ4n) is 0. The minimum atomic E-state index is 0.375. The fraction of sp³-hybridized carbons (Fsp3) is 0.500. The Bertz CT molecular complexity index is 30.0. The molecule has 0 aromatic carbocycles. The summed E-state index contributed by atoms with van der Waals surface area (Å²) in [6, 6.07) is 0. The molecule has 0 bridgehead atoms. The van der Waals surface area contributed by atoms with Crippen LogP contribution < -0.4 is 0 Å². The van der Waals surface area contributed by atoms with Gasteiger partial charge in [-0.25, -0.2) is 0 Å². The van der Waals surface area contributed by atoms with Crippen LogP contribution in [0.25, 0.3) is 0 Å². The molecule has 0 aromatic rings. The highest BCUT2D eigenvalue weighted by molar-refractivity contribution is 5.36. The minimum Gasteiger partial charge on any atom is -0.471 e. The molecular weight excluding hydrogens is 86.0 g/mol. The smallest absolute Gasteiger partial charge is 0.292 e. The van der Waals surface area contributed by atoms with Gasteiger partial charge in [0.2, 0.25) is 0 Å². The number of hydrogen-bond acceptors (Lipinski definition) is 4. The highest BCUT2D eigenvalue weighted by atomic mass is 16.5. The number of carbonyl (C=O) groups is 1. The number of hydrogen-bond donors (Lipinski definition) is 1. The first kappa shape index (κ1) is 8.91. The molecule has 36 valence electrons. The van der Waals surface area contributed by atoms with Crippen LogP contribution in [0, 0.1) is 10.5 Å². The highest BCUT2D eigenvalue weighted by Gasteiger charge is 1.44. The Labute approximate surface area is 34.9 Å². The molecule has 0 rings (SSSR count). The van der Waals surface area contributed by atoms with Gasteiger partial charge in [-0.15, -0.1) is 0 Å². The second kappa shape index (κ2) is 33.5. The molecular formula is C2H5NO3. The third-order valence-corrected chi connectivity index (χ3v) is 0.0962. The lowest BCUT2D eigenvalue weighted by Crippen LogP contribution is -1.68. The van der Waals surface area contributed by atoms with Gasteiger partial charge in [0.1, 0.15) is 0 Å². The summed E-state index contributed by atoms with van der Waals surface area (Å²) < 4.78 is 3.86. The summed E-state index contributed by atoms with van der Waals surface area (Å²) >= 11 is 0. The first-order valence-electron chi connectivity index (χ1n) is 1.08. The molecule has 4 nitrogen and oxygen atoms in total. The average Bonchev–Trinajstić information content (AvgIpc) is 1.72. The van der Waals surface area contributed by atoms with Gasteiger partial charge in [-0.2, -0.15) is 4.91 Å². The van der Waals surface area contributed by atoms with Gasteiger partial charge < -0.3 is 4.74 Å². The molecule has 0 heterocycles. The van der Waals surface area contributed by atoms with E-state index in [4.69, 9.17) is 9.70 Å². The number of nitrogens with one attached hydrogen (secondary N) is 1. The van der Waals surface area contributed by atoms with E-state index in [-0.39, 0.29) is 0 Å². The van der Waals surface area contributed by atoms with Crippen molar-refractivity contribution in [3.8, 4) is 0 Å². The van der Waals surface area contributed by atoms with Crippen molar-refractivity contribution in [3.63, 3.8) is 0 Å². The molecule has 0 aliphatic carbocycles. The largest absolute Gasteiger partial charge is 0.471 e. The molecule has 6 heavy (non-hydrogen) atoms. The van der Waals surface area contributed by atoms with Gasteiger partial charge in [0, 0.05) is 0 Å². The Kier molecular flexibility index (Phi) is 49.8. The number of ether oxygens (including phenoxy) is 1. The van der Waals surface area contributed by atoms with Crippen LogP contribution in [0.3, 0.4) is 0 Å². The average molecular weight is 91.1 g/mol. The van der Waals surface area contributed by atoms with Crippen molar-refractivity contribution in [2.24, 2.45) is 0 Å². The molecule has 0 aliphatic rings. The highest BCUT2D eigenvalue weighted by Crippen LogP contribution is 1.35. The second-order valence-corrected chi connectivity index (χ2v) is 0.332. The maximum atomic E-state index is 8.95. The fourth-order valence-corrected chi connectivity index (χ4v) is 0. The van der Waals surface area contributed by atoms with Crippen LogP contribution in [0.15, 0.2) is 0 Å². The summed E-state index contributed by atoms with van der Waals surface area (Å²) in [6.07, 6.45) is 0. The van der Waals surface area contributed by atoms with E-state index in [9.17, 15) is 0 Å². The topological polar surface area (TPSA) is 67.2 Å². The lowest BCUT2D eigenvalue weighted by atomic mass is 11.5. The lowest BCUT2D eigenvalue weighted by Gasteiger charge is -1.67. The summed E-state index contributed by atoms with van der Waals surface area (Å²) in [5, 5.41) is 0. The Hall–Kier alpha value is -0.930. The van der Waals surface area contributed by atoms with Crippen LogP contribution in [-0.2, 0) is 9.53 Å². The van der Waals surface area contributed by atoms with Crippen molar-refractivity contribution in [3.05, 3.63) is 4.91 Å². The predicted octanol–water partition coefficient (Wildman–Crippen LogP) is 0.121. The molecule has 0 radical (unpaired) electrons. The summed E-state index contributed by atoms with van der Waals surface area (Å²) in [4.78, 5) is 16.5. The van der Waals surface area contributed by atoms with Crippen molar-refractivity contribution < 1.29 is 9.53 Å². The Balaban J connectivity index is 0. The molecule has 1 N–H and O–H groups in total. The Morgan fingerprint density at radius 1 is 1.67 bits per heavy atom. The van der Waals surface area contributed by atoms with Gasteiger partial charge in [-0.05, 0) is 0 Å². The standard InChI is InChI=1S/C2H4O2.HNO/c1-4-2-3;1-2/h2H,1H3;1H. The number of carbonyl (C=O) groups excluding carboxylic acids is 1. The van der Waals surface area contributed by atoms with E-state index in [0.717, 1.165) is 0 Å². The third kappa shape index (κ3) is 2680. The van der Waals surface area contributed by atoms with Crippen LogP contribution in [0.4, 0.5) is 0 Å². The van der Waals surface area contributed by atoms with Crippen LogP contribution in [0.1, 0.15) is 0 Å². The Morgan fingerprint density at radius 2 is 1.83 bits per heavy atom. The van der Waals surface area contributed by atoms with Gasteiger partial charge in [0.15, 0.2) is 0 Å². The molecule has 0 aromatic heterocycles. The predicted molar refractivity (Wildman–Crippen MR) is 19.2 cm³/mol. The lowest BCUT2D eigenvalue weighted by molar-refractivity contribution is -0.126. The first-order chi connectivity index (χ1) is 2.91. The third-order valence-electron chi connectivity index (χ3n) is 0.0962. The quantitative estimate of drug-likeness (QED) is 0.368. The molecule has 0 amide bonds. The second-order valence-electron chi connectivity index (χ2n) is 0.332. The Morgan fingerprint density at radius 3 is 1.83 bits per heavy atom. The molecule has 0 aliphatic heterocycles. The van der Waals surface area contributed by atoms with Crippen molar-refractivity contribution >= 4 is 6.47 Å². The number of methoxy groups -OCH3 is 1. The molecule has 0 spiro atoms. The maximum absolute atomic E-state index is 8.95. The zero-order valence-corrected chi connectivity index (χ0v) is 3.30. The first-order valence-corrected chi connectivity index (χ1v) is 1.08. The van der Waals surface area contributed by atoms with E-state index in [0.29, 0.717) is 6.47 Å². The van der Waals surface area contributed by atoms with Gasteiger partial charge in [0.05, 0.1) is 7.11 Å². The SMILES string of the molecule is COC=O.N=O. The van der Waals surface area contributed by atoms with Crippen molar-refractivity contribution in [1.82, 2.24) is 0 Å². The summed E-state index contributed by atoms with van der Waals surface area (Å²) in [6.45, 7) is 0.375. The van der Waals surface area contributed by atoms with E-state index in [1.165, 1.54) is 7.11 Å².